The summed E-state index contributed by atoms with van der Waals surface area (Å²) < 4.78 is 23.2. The molecule has 1 aliphatic rings. The van der Waals surface area contributed by atoms with Gasteiger partial charge in [-0.1, -0.05) is 46.5 Å². The molecule has 4 heteroatoms. The quantitative estimate of drug-likeness (QED) is 0.699. The van der Waals surface area contributed by atoms with E-state index in [1.54, 1.807) is 6.92 Å². The van der Waals surface area contributed by atoms with Crippen molar-refractivity contribution >= 4 is 9.84 Å². The van der Waals surface area contributed by atoms with Crippen LogP contribution in [0.5, 0.6) is 0 Å². The smallest absolute Gasteiger partial charge is 0.150 e. The van der Waals surface area contributed by atoms with Crippen molar-refractivity contribution in [2.75, 3.05) is 18.1 Å². The predicted molar refractivity (Wildman–Crippen MR) is 86.8 cm³/mol. The van der Waals surface area contributed by atoms with E-state index in [0.717, 1.165) is 31.2 Å². The lowest BCUT2D eigenvalue weighted by Crippen LogP contribution is -2.32. The first-order valence-electron chi connectivity index (χ1n) is 8.38. The minimum absolute atomic E-state index is 0.288. The second-order valence-corrected chi connectivity index (χ2v) is 9.07. The van der Waals surface area contributed by atoms with E-state index in [1.165, 1.54) is 32.1 Å². The summed E-state index contributed by atoms with van der Waals surface area (Å²) in [5.41, 5.74) is 0. The molecule has 1 aliphatic carbocycles. The van der Waals surface area contributed by atoms with Crippen LogP contribution < -0.4 is 5.32 Å². The fourth-order valence-corrected chi connectivity index (χ4v) is 4.10. The molecule has 1 fully saturated rings. The number of hydrogen-bond donors (Lipinski definition) is 1. The zero-order valence-electron chi connectivity index (χ0n) is 13.5. The first kappa shape index (κ1) is 18.0. The number of nitrogens with one attached hydrogen (secondary N) is 1. The van der Waals surface area contributed by atoms with Crippen LogP contribution in [0.4, 0.5) is 0 Å². The molecule has 2 atom stereocenters. The molecular weight excluding hydrogens is 270 g/mol. The van der Waals surface area contributed by atoms with Gasteiger partial charge in [-0.15, -0.1) is 0 Å². The van der Waals surface area contributed by atoms with E-state index in [9.17, 15) is 8.42 Å². The van der Waals surface area contributed by atoms with E-state index in [-0.39, 0.29) is 5.75 Å². The van der Waals surface area contributed by atoms with Gasteiger partial charge in [0, 0.05) is 11.8 Å². The maximum absolute atomic E-state index is 11.6. The minimum atomic E-state index is -2.79. The first-order valence-corrected chi connectivity index (χ1v) is 10.2. The Morgan fingerprint density at radius 3 is 2.35 bits per heavy atom. The van der Waals surface area contributed by atoms with Gasteiger partial charge in [-0.25, -0.2) is 8.42 Å². The highest BCUT2D eigenvalue weighted by Crippen LogP contribution is 2.31. The first-order chi connectivity index (χ1) is 9.44. The molecule has 0 heterocycles. The Kier molecular flexibility index (Phi) is 8.11. The molecule has 1 saturated carbocycles. The van der Waals surface area contributed by atoms with Crippen LogP contribution in [0.3, 0.4) is 0 Å². The molecule has 0 aliphatic heterocycles. The van der Waals surface area contributed by atoms with E-state index in [4.69, 9.17) is 0 Å². The summed E-state index contributed by atoms with van der Waals surface area (Å²) in [6, 6.07) is 0.541. The van der Waals surface area contributed by atoms with Crippen LogP contribution in [0.2, 0.25) is 0 Å². The number of hydrogen-bond acceptors (Lipinski definition) is 3. The monoisotopic (exact) mass is 303 g/mol. The Morgan fingerprint density at radius 1 is 1.10 bits per heavy atom. The molecule has 0 aromatic heterocycles. The molecule has 0 aromatic rings. The summed E-state index contributed by atoms with van der Waals surface area (Å²) in [4.78, 5) is 0. The van der Waals surface area contributed by atoms with Crippen LogP contribution >= 0.6 is 0 Å². The van der Waals surface area contributed by atoms with Gasteiger partial charge in [0.05, 0.1) is 5.75 Å². The molecule has 20 heavy (non-hydrogen) atoms. The molecular formula is C16H33NO2S. The topological polar surface area (TPSA) is 46.2 Å². The van der Waals surface area contributed by atoms with Gasteiger partial charge in [0.2, 0.25) is 0 Å². The van der Waals surface area contributed by atoms with E-state index >= 15 is 0 Å². The largest absolute Gasteiger partial charge is 0.314 e. The van der Waals surface area contributed by atoms with Crippen molar-refractivity contribution in [3.8, 4) is 0 Å². The summed E-state index contributed by atoms with van der Waals surface area (Å²) in [6.45, 7) is 7.23. The second kappa shape index (κ2) is 9.04. The third kappa shape index (κ3) is 7.07. The van der Waals surface area contributed by atoms with Gasteiger partial charge in [0.25, 0.3) is 0 Å². The van der Waals surface area contributed by atoms with E-state index in [2.05, 4.69) is 19.2 Å². The van der Waals surface area contributed by atoms with Gasteiger partial charge in [-0.05, 0) is 37.6 Å². The molecule has 1 rings (SSSR count). The van der Waals surface area contributed by atoms with E-state index in [1.807, 2.05) is 0 Å². The van der Waals surface area contributed by atoms with Crippen LogP contribution in [0.1, 0.15) is 65.7 Å². The second-order valence-electron chi connectivity index (χ2n) is 6.60. The van der Waals surface area contributed by atoms with E-state index < -0.39 is 9.84 Å². The number of sulfone groups is 1. The summed E-state index contributed by atoms with van der Waals surface area (Å²) in [7, 11) is -2.79. The third-order valence-corrected chi connectivity index (χ3v) is 6.37. The Balaban J connectivity index is 2.44. The van der Waals surface area contributed by atoms with Crippen molar-refractivity contribution in [1.29, 1.82) is 0 Å². The molecule has 120 valence electrons. The Hall–Kier alpha value is -0.0900. The van der Waals surface area contributed by atoms with Gasteiger partial charge in [0.15, 0.2) is 0 Å². The van der Waals surface area contributed by atoms with Crippen LogP contribution in [-0.4, -0.2) is 32.5 Å². The van der Waals surface area contributed by atoms with Gasteiger partial charge in [0.1, 0.15) is 9.84 Å². The SMILES string of the molecule is CCS(=O)(=O)CCCC1CCCCCC1CNC(C)C. The predicted octanol–water partition coefficient (Wildman–Crippen LogP) is 3.40. The zero-order chi connectivity index (χ0) is 15.0. The Morgan fingerprint density at radius 2 is 1.75 bits per heavy atom. The lowest BCUT2D eigenvalue weighted by molar-refractivity contribution is 0.276. The summed E-state index contributed by atoms with van der Waals surface area (Å²) in [5.74, 6) is 2.13. The highest BCUT2D eigenvalue weighted by molar-refractivity contribution is 7.91. The fraction of sp³-hybridized carbons (Fsp3) is 1.00. The molecule has 0 spiro atoms. The number of rotatable bonds is 8. The van der Waals surface area contributed by atoms with E-state index in [0.29, 0.717) is 11.8 Å². The average molecular weight is 304 g/mol. The maximum Gasteiger partial charge on any atom is 0.150 e. The molecule has 1 N–H and O–H groups in total. The Labute approximate surface area is 125 Å². The molecule has 0 aromatic carbocycles. The van der Waals surface area contributed by atoms with Crippen molar-refractivity contribution in [2.24, 2.45) is 11.8 Å². The normalized spacial score (nSPS) is 24.8. The highest BCUT2D eigenvalue weighted by atomic mass is 32.2. The highest BCUT2D eigenvalue weighted by Gasteiger charge is 2.23. The van der Waals surface area contributed by atoms with Gasteiger partial charge < -0.3 is 5.32 Å². The maximum atomic E-state index is 11.6. The van der Waals surface area contributed by atoms with Crippen molar-refractivity contribution in [3.63, 3.8) is 0 Å². The zero-order valence-corrected chi connectivity index (χ0v) is 14.3. The van der Waals surface area contributed by atoms with Crippen molar-refractivity contribution < 1.29 is 8.42 Å². The van der Waals surface area contributed by atoms with Crippen LogP contribution in [0.25, 0.3) is 0 Å². The van der Waals surface area contributed by atoms with Crippen molar-refractivity contribution in [1.82, 2.24) is 5.32 Å². The molecule has 0 radical (unpaired) electrons. The lowest BCUT2D eigenvalue weighted by atomic mass is 9.84. The lowest BCUT2D eigenvalue weighted by Gasteiger charge is -2.26. The average Bonchev–Trinajstić information content (AvgIpc) is 2.61. The van der Waals surface area contributed by atoms with Gasteiger partial charge >= 0.3 is 0 Å². The van der Waals surface area contributed by atoms with Crippen LogP contribution in [-0.2, 0) is 9.84 Å². The molecule has 2 unspecified atom stereocenters. The molecule has 3 nitrogen and oxygen atoms in total. The summed E-state index contributed by atoms with van der Waals surface area (Å²) in [6.07, 6.45) is 8.55. The van der Waals surface area contributed by atoms with Crippen LogP contribution in [0.15, 0.2) is 0 Å². The molecule has 0 amide bonds. The Bertz CT molecular complexity index is 351. The van der Waals surface area contributed by atoms with Crippen molar-refractivity contribution in [3.05, 3.63) is 0 Å². The molecule has 0 saturated heterocycles. The minimum Gasteiger partial charge on any atom is -0.314 e. The molecule has 0 bridgehead atoms. The fourth-order valence-electron chi connectivity index (χ4n) is 3.21. The van der Waals surface area contributed by atoms with Crippen LogP contribution in [0, 0.1) is 11.8 Å². The third-order valence-electron chi connectivity index (χ3n) is 4.57. The van der Waals surface area contributed by atoms with Gasteiger partial charge in [-0.2, -0.15) is 0 Å². The summed E-state index contributed by atoms with van der Waals surface area (Å²) in [5, 5.41) is 3.57. The summed E-state index contributed by atoms with van der Waals surface area (Å²) >= 11 is 0. The van der Waals surface area contributed by atoms with Gasteiger partial charge in [-0.3, -0.25) is 0 Å². The standard InChI is InChI=1S/C16H33NO2S/c1-4-20(18,19)12-8-11-15-9-6-5-7-10-16(15)13-17-14(2)3/h14-17H,4-13H2,1-3H3. The van der Waals surface area contributed by atoms with Crippen molar-refractivity contribution in [2.45, 2.75) is 71.8 Å².